The number of anilines is 1. The molecule has 0 bridgehead atoms. The first-order valence-corrected chi connectivity index (χ1v) is 7.56. The van der Waals surface area contributed by atoms with Gasteiger partial charge in [-0.2, -0.15) is 8.78 Å². The molecule has 0 saturated heterocycles. The van der Waals surface area contributed by atoms with Gasteiger partial charge in [0.05, 0.1) is 5.56 Å². The van der Waals surface area contributed by atoms with Gasteiger partial charge in [0.25, 0.3) is 18.2 Å². The summed E-state index contributed by atoms with van der Waals surface area (Å²) < 4.78 is 56.5. The quantitative estimate of drug-likeness (QED) is 0.626. The van der Waals surface area contributed by atoms with Gasteiger partial charge in [0.2, 0.25) is 5.95 Å². The zero-order valence-corrected chi connectivity index (χ0v) is 13.5. The average Bonchev–Trinajstić information content (AvgIpc) is 3.11. The number of alkyl halides is 4. The highest BCUT2D eigenvalue weighted by molar-refractivity contribution is 6.31. The summed E-state index contributed by atoms with van der Waals surface area (Å²) in [6.07, 6.45) is -3.30. The number of nitrogens with zero attached hydrogens (tertiary/aromatic N) is 4. The molecule has 11 heteroatoms. The van der Waals surface area contributed by atoms with Crippen molar-refractivity contribution in [2.24, 2.45) is 0 Å². The highest BCUT2D eigenvalue weighted by Gasteiger charge is 2.25. The molecular formula is C15H10ClF4N5O. The molecule has 0 amide bonds. The molecule has 136 valence electrons. The van der Waals surface area contributed by atoms with Crippen molar-refractivity contribution in [3.05, 3.63) is 53.1 Å². The topological polar surface area (TPSA) is 76.7 Å². The predicted molar refractivity (Wildman–Crippen MR) is 84.1 cm³/mol. The lowest BCUT2D eigenvalue weighted by atomic mass is 10.1. The Balaban J connectivity index is 1.80. The normalized spacial score (nSPS) is 12.6. The molecular weight excluding hydrogens is 378 g/mol. The fourth-order valence-electron chi connectivity index (χ4n) is 2.10. The second-order valence-corrected chi connectivity index (χ2v) is 5.43. The standard InChI is InChI=1S/C15H10ClF4N5O/c16-9-4-2-1-3-8(9)10(11(17)18)23-15-21-5-7(6-22-15)13-24-25-14(26-13)12(19)20/h1-6,10-12H,(H,21,22,23). The minimum atomic E-state index is -2.90. The van der Waals surface area contributed by atoms with E-state index in [4.69, 9.17) is 16.0 Å². The van der Waals surface area contributed by atoms with Crippen LogP contribution in [0.5, 0.6) is 0 Å². The number of hydrogen-bond acceptors (Lipinski definition) is 6. The number of benzene rings is 1. The predicted octanol–water partition coefficient (Wildman–Crippen LogP) is 4.54. The monoisotopic (exact) mass is 387 g/mol. The maximum Gasteiger partial charge on any atom is 0.314 e. The van der Waals surface area contributed by atoms with Crippen molar-refractivity contribution >= 4 is 17.5 Å². The Labute approximate surface area is 149 Å². The summed E-state index contributed by atoms with van der Waals surface area (Å²) in [5.74, 6) is -1.14. The van der Waals surface area contributed by atoms with E-state index in [9.17, 15) is 17.6 Å². The maximum atomic E-state index is 13.4. The molecule has 0 radical (unpaired) electrons. The summed E-state index contributed by atoms with van der Waals surface area (Å²) in [4.78, 5) is 7.75. The van der Waals surface area contributed by atoms with Crippen LogP contribution in [-0.2, 0) is 0 Å². The largest absolute Gasteiger partial charge is 0.415 e. The second-order valence-electron chi connectivity index (χ2n) is 5.02. The van der Waals surface area contributed by atoms with Gasteiger partial charge in [0.15, 0.2) is 0 Å². The van der Waals surface area contributed by atoms with E-state index in [1.54, 1.807) is 12.1 Å². The van der Waals surface area contributed by atoms with E-state index < -0.39 is 24.8 Å². The van der Waals surface area contributed by atoms with Gasteiger partial charge in [-0.1, -0.05) is 29.8 Å². The summed E-state index contributed by atoms with van der Waals surface area (Å²) in [6, 6.07) is 4.73. The van der Waals surface area contributed by atoms with Crippen LogP contribution in [0.4, 0.5) is 23.5 Å². The fraction of sp³-hybridized carbons (Fsp3) is 0.200. The van der Waals surface area contributed by atoms with E-state index in [-0.39, 0.29) is 28.0 Å². The van der Waals surface area contributed by atoms with Crippen molar-refractivity contribution in [1.29, 1.82) is 0 Å². The van der Waals surface area contributed by atoms with E-state index in [1.807, 2.05) is 0 Å². The summed E-state index contributed by atoms with van der Waals surface area (Å²) >= 11 is 5.96. The van der Waals surface area contributed by atoms with Gasteiger partial charge in [-0.15, -0.1) is 10.2 Å². The Kier molecular flexibility index (Phi) is 5.31. The molecule has 0 aliphatic rings. The number of hydrogen-bond donors (Lipinski definition) is 1. The van der Waals surface area contributed by atoms with Crippen LogP contribution in [0.2, 0.25) is 5.02 Å². The molecule has 6 nitrogen and oxygen atoms in total. The van der Waals surface area contributed by atoms with Gasteiger partial charge >= 0.3 is 6.43 Å². The van der Waals surface area contributed by atoms with Gasteiger partial charge in [-0.25, -0.2) is 18.7 Å². The SMILES string of the molecule is FC(F)c1nnc(-c2cnc(NC(c3ccccc3Cl)C(F)F)nc2)o1. The van der Waals surface area contributed by atoms with Crippen LogP contribution < -0.4 is 5.32 Å². The van der Waals surface area contributed by atoms with E-state index in [1.165, 1.54) is 24.5 Å². The van der Waals surface area contributed by atoms with Crippen LogP contribution in [0.3, 0.4) is 0 Å². The molecule has 1 N–H and O–H groups in total. The van der Waals surface area contributed by atoms with E-state index in [2.05, 4.69) is 25.5 Å². The molecule has 0 fully saturated rings. The summed E-state index contributed by atoms with van der Waals surface area (Å²) in [6.45, 7) is 0. The lowest BCUT2D eigenvalue weighted by Crippen LogP contribution is -2.20. The van der Waals surface area contributed by atoms with Gasteiger partial charge in [-0.05, 0) is 11.6 Å². The van der Waals surface area contributed by atoms with Crippen molar-refractivity contribution in [3.8, 4) is 11.5 Å². The summed E-state index contributed by atoms with van der Waals surface area (Å²) in [5.41, 5.74) is 0.358. The number of rotatable bonds is 6. The molecule has 1 aromatic carbocycles. The lowest BCUT2D eigenvalue weighted by Gasteiger charge is -2.19. The minimum Gasteiger partial charge on any atom is -0.415 e. The Morgan fingerprint density at radius 3 is 2.27 bits per heavy atom. The Morgan fingerprint density at radius 2 is 1.69 bits per heavy atom. The molecule has 1 unspecified atom stereocenters. The molecule has 1 atom stereocenters. The third-order valence-electron chi connectivity index (χ3n) is 3.30. The Morgan fingerprint density at radius 1 is 1.00 bits per heavy atom. The zero-order valence-electron chi connectivity index (χ0n) is 12.8. The van der Waals surface area contributed by atoms with Crippen molar-refractivity contribution < 1.29 is 22.0 Å². The van der Waals surface area contributed by atoms with Gasteiger partial charge < -0.3 is 9.73 Å². The van der Waals surface area contributed by atoms with E-state index in [0.717, 1.165) is 0 Å². The smallest absolute Gasteiger partial charge is 0.314 e. The first-order valence-electron chi connectivity index (χ1n) is 7.18. The summed E-state index contributed by atoms with van der Waals surface area (Å²) in [5, 5.41) is 9.30. The fourth-order valence-corrected chi connectivity index (χ4v) is 2.35. The molecule has 2 heterocycles. The van der Waals surface area contributed by atoms with Crippen molar-refractivity contribution in [1.82, 2.24) is 20.2 Å². The van der Waals surface area contributed by atoms with Gasteiger partial charge in [0, 0.05) is 17.4 Å². The maximum absolute atomic E-state index is 13.4. The van der Waals surface area contributed by atoms with Crippen LogP contribution in [0.25, 0.3) is 11.5 Å². The average molecular weight is 388 g/mol. The molecule has 2 aromatic heterocycles. The van der Waals surface area contributed by atoms with Crippen LogP contribution in [-0.4, -0.2) is 26.6 Å². The molecule has 3 aromatic rings. The first-order chi connectivity index (χ1) is 12.5. The van der Waals surface area contributed by atoms with Crippen LogP contribution >= 0.6 is 11.6 Å². The molecule has 3 rings (SSSR count). The zero-order chi connectivity index (χ0) is 18.7. The highest BCUT2D eigenvalue weighted by Crippen LogP contribution is 2.30. The Bertz CT molecular complexity index is 874. The summed E-state index contributed by atoms with van der Waals surface area (Å²) in [7, 11) is 0. The van der Waals surface area contributed by atoms with Gasteiger partial charge in [-0.3, -0.25) is 0 Å². The van der Waals surface area contributed by atoms with E-state index in [0.29, 0.717) is 0 Å². The van der Waals surface area contributed by atoms with Crippen LogP contribution in [0.1, 0.15) is 23.9 Å². The third-order valence-corrected chi connectivity index (χ3v) is 3.65. The Hall–Kier alpha value is -2.75. The van der Waals surface area contributed by atoms with E-state index >= 15 is 0 Å². The van der Waals surface area contributed by atoms with Crippen molar-refractivity contribution in [3.63, 3.8) is 0 Å². The van der Waals surface area contributed by atoms with Crippen molar-refractivity contribution in [2.75, 3.05) is 5.32 Å². The highest BCUT2D eigenvalue weighted by atomic mass is 35.5. The number of nitrogens with one attached hydrogen (secondary N) is 1. The van der Waals surface area contributed by atoms with Gasteiger partial charge in [0.1, 0.15) is 6.04 Å². The number of aromatic nitrogens is 4. The minimum absolute atomic E-state index is 0.104. The van der Waals surface area contributed by atoms with Crippen molar-refractivity contribution in [2.45, 2.75) is 18.9 Å². The molecule has 0 aliphatic carbocycles. The van der Waals surface area contributed by atoms with Crippen LogP contribution in [0, 0.1) is 0 Å². The van der Waals surface area contributed by atoms with Crippen LogP contribution in [0.15, 0.2) is 41.1 Å². The molecule has 0 saturated carbocycles. The molecule has 26 heavy (non-hydrogen) atoms. The first kappa shape index (κ1) is 18.1. The third kappa shape index (κ3) is 3.90. The molecule has 0 aliphatic heterocycles. The molecule has 0 spiro atoms. The second kappa shape index (κ2) is 7.65. The number of halogens is 5. The lowest BCUT2D eigenvalue weighted by molar-refractivity contribution is 0.116.